The lowest BCUT2D eigenvalue weighted by atomic mass is 10.2. The summed E-state index contributed by atoms with van der Waals surface area (Å²) < 4.78 is 1.82. The van der Waals surface area contributed by atoms with Crippen molar-refractivity contribution in [3.05, 3.63) is 24.0 Å². The van der Waals surface area contributed by atoms with Gasteiger partial charge in [0.1, 0.15) is 12.2 Å². The van der Waals surface area contributed by atoms with Gasteiger partial charge in [0.25, 0.3) is 5.91 Å². The number of hydrogen-bond acceptors (Lipinski definition) is 2. The fraction of sp³-hybridized carbons (Fsp3) is 0.538. The number of nitrogens with zero attached hydrogens (tertiary/aromatic N) is 2. The molecule has 1 unspecified atom stereocenters. The lowest BCUT2D eigenvalue weighted by molar-refractivity contribution is -0.138. The number of carboxylic acids is 1. The van der Waals surface area contributed by atoms with Crippen LogP contribution in [0.25, 0.3) is 0 Å². The summed E-state index contributed by atoms with van der Waals surface area (Å²) in [4.78, 5) is 24.6. The second kappa shape index (κ2) is 6.23. The lowest BCUT2D eigenvalue weighted by Crippen LogP contribution is -2.42. The van der Waals surface area contributed by atoms with Crippen molar-refractivity contribution in [2.24, 2.45) is 0 Å². The highest BCUT2D eigenvalue weighted by Crippen LogP contribution is 2.11. The Kier molecular flexibility index (Phi) is 4.95. The van der Waals surface area contributed by atoms with Crippen molar-refractivity contribution in [1.82, 2.24) is 9.47 Å². The third-order valence-corrected chi connectivity index (χ3v) is 3.08. The predicted octanol–water partition coefficient (Wildman–Crippen LogP) is 1.83. The molecule has 1 atom stereocenters. The molecule has 0 spiro atoms. The van der Waals surface area contributed by atoms with Gasteiger partial charge in [-0.3, -0.25) is 9.59 Å². The molecule has 0 fully saturated rings. The highest BCUT2D eigenvalue weighted by Gasteiger charge is 2.24. The second-order valence-electron chi connectivity index (χ2n) is 4.26. The van der Waals surface area contributed by atoms with E-state index in [0.717, 1.165) is 6.42 Å². The first-order chi connectivity index (χ1) is 8.51. The summed E-state index contributed by atoms with van der Waals surface area (Å²) in [7, 11) is 0. The van der Waals surface area contributed by atoms with Crippen LogP contribution in [0.5, 0.6) is 0 Å². The fourth-order valence-electron chi connectivity index (χ4n) is 1.83. The summed E-state index contributed by atoms with van der Waals surface area (Å²) in [6.07, 6.45) is 2.55. The van der Waals surface area contributed by atoms with E-state index in [1.807, 2.05) is 31.5 Å². The zero-order valence-electron chi connectivity index (χ0n) is 11.1. The van der Waals surface area contributed by atoms with Crippen LogP contribution in [0, 0.1) is 0 Å². The molecule has 1 heterocycles. The van der Waals surface area contributed by atoms with Crippen molar-refractivity contribution >= 4 is 11.9 Å². The van der Waals surface area contributed by atoms with E-state index in [-0.39, 0.29) is 18.5 Å². The van der Waals surface area contributed by atoms with Gasteiger partial charge in [-0.25, -0.2) is 0 Å². The SMILES string of the molecule is CCC(C)N(CC(=O)O)C(=O)c1cccn1CC. The van der Waals surface area contributed by atoms with Gasteiger partial charge in [0.2, 0.25) is 0 Å². The molecule has 1 N–H and O–H groups in total. The van der Waals surface area contributed by atoms with Crippen molar-refractivity contribution in [2.45, 2.75) is 39.8 Å². The molecule has 1 amide bonds. The first-order valence-electron chi connectivity index (χ1n) is 6.19. The quantitative estimate of drug-likeness (QED) is 0.840. The Bertz CT molecular complexity index is 426. The van der Waals surface area contributed by atoms with E-state index in [2.05, 4.69) is 0 Å². The van der Waals surface area contributed by atoms with Crippen LogP contribution in [0.2, 0.25) is 0 Å². The van der Waals surface area contributed by atoms with Crippen LogP contribution >= 0.6 is 0 Å². The molecule has 1 aromatic rings. The maximum absolute atomic E-state index is 12.4. The average Bonchev–Trinajstić information content (AvgIpc) is 2.82. The topological polar surface area (TPSA) is 62.5 Å². The van der Waals surface area contributed by atoms with Gasteiger partial charge in [-0.2, -0.15) is 0 Å². The Morgan fingerprint density at radius 3 is 2.61 bits per heavy atom. The van der Waals surface area contributed by atoms with Crippen LogP contribution in [0.4, 0.5) is 0 Å². The minimum atomic E-state index is -0.988. The molecule has 0 aromatic carbocycles. The number of aliphatic carboxylic acids is 1. The molecule has 5 heteroatoms. The van der Waals surface area contributed by atoms with Crippen LogP contribution in [0.3, 0.4) is 0 Å². The lowest BCUT2D eigenvalue weighted by Gasteiger charge is -2.27. The van der Waals surface area contributed by atoms with E-state index in [1.165, 1.54) is 4.90 Å². The molecule has 0 radical (unpaired) electrons. The van der Waals surface area contributed by atoms with Gasteiger partial charge in [-0.05, 0) is 32.4 Å². The Hall–Kier alpha value is -1.78. The van der Waals surface area contributed by atoms with Crippen molar-refractivity contribution in [1.29, 1.82) is 0 Å². The van der Waals surface area contributed by atoms with Gasteiger partial charge in [-0.15, -0.1) is 0 Å². The molecule has 0 bridgehead atoms. The monoisotopic (exact) mass is 252 g/mol. The first-order valence-corrected chi connectivity index (χ1v) is 6.19. The van der Waals surface area contributed by atoms with Gasteiger partial charge in [0.15, 0.2) is 0 Å². The predicted molar refractivity (Wildman–Crippen MR) is 68.5 cm³/mol. The number of hydrogen-bond donors (Lipinski definition) is 1. The van der Waals surface area contributed by atoms with Gasteiger partial charge in [0, 0.05) is 18.8 Å². The van der Waals surface area contributed by atoms with Crippen molar-refractivity contribution in [2.75, 3.05) is 6.54 Å². The summed E-state index contributed by atoms with van der Waals surface area (Å²) >= 11 is 0. The van der Waals surface area contributed by atoms with Gasteiger partial charge >= 0.3 is 5.97 Å². The molecular weight excluding hydrogens is 232 g/mol. The van der Waals surface area contributed by atoms with E-state index >= 15 is 0 Å². The summed E-state index contributed by atoms with van der Waals surface area (Å²) in [6.45, 7) is 6.17. The number of carbonyl (C=O) groups is 2. The fourth-order valence-corrected chi connectivity index (χ4v) is 1.83. The summed E-state index contributed by atoms with van der Waals surface area (Å²) in [5, 5.41) is 8.90. The number of aromatic nitrogens is 1. The maximum Gasteiger partial charge on any atom is 0.323 e. The van der Waals surface area contributed by atoms with Crippen molar-refractivity contribution in [3.63, 3.8) is 0 Å². The van der Waals surface area contributed by atoms with Crippen LogP contribution in [-0.4, -0.2) is 39.0 Å². The molecule has 0 aliphatic rings. The van der Waals surface area contributed by atoms with Gasteiger partial charge in [-0.1, -0.05) is 6.92 Å². The maximum atomic E-state index is 12.4. The van der Waals surface area contributed by atoms with Crippen LogP contribution in [0.15, 0.2) is 18.3 Å². The Morgan fingerprint density at radius 2 is 2.11 bits per heavy atom. The highest BCUT2D eigenvalue weighted by molar-refractivity contribution is 5.94. The van der Waals surface area contributed by atoms with E-state index in [4.69, 9.17) is 5.11 Å². The molecular formula is C13H20N2O3. The normalized spacial score (nSPS) is 12.2. The molecule has 0 saturated carbocycles. The molecule has 18 heavy (non-hydrogen) atoms. The van der Waals surface area contributed by atoms with Gasteiger partial charge < -0.3 is 14.6 Å². The molecule has 1 rings (SSSR count). The average molecular weight is 252 g/mol. The largest absolute Gasteiger partial charge is 0.480 e. The second-order valence-corrected chi connectivity index (χ2v) is 4.26. The minimum absolute atomic E-state index is 0.0891. The van der Waals surface area contributed by atoms with Crippen LogP contribution in [-0.2, 0) is 11.3 Å². The number of carboxylic acid groups (broad SMARTS) is 1. The molecule has 0 aliphatic heterocycles. The number of carbonyl (C=O) groups excluding carboxylic acids is 1. The first kappa shape index (κ1) is 14.3. The standard InChI is InChI=1S/C13H20N2O3/c1-4-10(3)15(9-12(16)17)13(18)11-7-6-8-14(11)5-2/h6-8,10H,4-5,9H2,1-3H3,(H,16,17). The minimum Gasteiger partial charge on any atom is -0.480 e. The molecule has 100 valence electrons. The molecule has 5 nitrogen and oxygen atoms in total. The Balaban J connectivity index is 2.98. The van der Waals surface area contributed by atoms with Gasteiger partial charge in [0.05, 0.1) is 0 Å². The highest BCUT2D eigenvalue weighted by atomic mass is 16.4. The van der Waals surface area contributed by atoms with Crippen LogP contribution < -0.4 is 0 Å². The summed E-state index contributed by atoms with van der Waals surface area (Å²) in [6, 6.07) is 3.43. The zero-order valence-corrected chi connectivity index (χ0v) is 11.1. The Labute approximate surface area is 107 Å². The van der Waals surface area contributed by atoms with E-state index in [0.29, 0.717) is 12.2 Å². The Morgan fingerprint density at radius 1 is 1.44 bits per heavy atom. The third kappa shape index (κ3) is 3.12. The van der Waals surface area contributed by atoms with E-state index in [9.17, 15) is 9.59 Å². The number of rotatable bonds is 6. The van der Waals surface area contributed by atoms with Crippen molar-refractivity contribution in [3.8, 4) is 0 Å². The third-order valence-electron chi connectivity index (χ3n) is 3.08. The van der Waals surface area contributed by atoms with E-state index < -0.39 is 5.97 Å². The van der Waals surface area contributed by atoms with E-state index in [1.54, 1.807) is 12.1 Å². The zero-order chi connectivity index (χ0) is 13.7. The molecule has 1 aromatic heterocycles. The number of amides is 1. The number of aryl methyl sites for hydroxylation is 1. The molecule has 0 aliphatic carbocycles. The van der Waals surface area contributed by atoms with Crippen molar-refractivity contribution < 1.29 is 14.7 Å². The van der Waals surface area contributed by atoms with Crippen LogP contribution in [0.1, 0.15) is 37.7 Å². The smallest absolute Gasteiger partial charge is 0.323 e. The summed E-state index contributed by atoms with van der Waals surface area (Å²) in [5.41, 5.74) is 0.541. The molecule has 0 saturated heterocycles. The summed E-state index contributed by atoms with van der Waals surface area (Å²) in [5.74, 6) is -1.21.